The number of nitrogens with two attached hydrogens (primary N) is 1. The quantitative estimate of drug-likeness (QED) is 0.859. The Labute approximate surface area is 114 Å². The Kier molecular flexibility index (Phi) is 4.09. The zero-order valence-electron chi connectivity index (χ0n) is 11.9. The van der Waals surface area contributed by atoms with Gasteiger partial charge >= 0.3 is 0 Å². The summed E-state index contributed by atoms with van der Waals surface area (Å²) < 4.78 is 5.53. The Hall–Kier alpha value is -1.56. The van der Waals surface area contributed by atoms with Crippen molar-refractivity contribution in [3.05, 3.63) is 6.07 Å². The van der Waals surface area contributed by atoms with Crippen LogP contribution in [0.5, 0.6) is 0 Å². The van der Waals surface area contributed by atoms with E-state index >= 15 is 0 Å². The highest BCUT2D eigenvalue weighted by molar-refractivity contribution is 5.54. The van der Waals surface area contributed by atoms with Crippen molar-refractivity contribution in [2.75, 3.05) is 42.3 Å². The number of nitrogens with one attached hydrogen (secondary N) is 1. The molecule has 106 valence electrons. The van der Waals surface area contributed by atoms with Gasteiger partial charge in [-0.2, -0.15) is 9.97 Å². The van der Waals surface area contributed by atoms with Crippen LogP contribution in [0.1, 0.15) is 27.2 Å². The highest BCUT2D eigenvalue weighted by atomic mass is 16.5. The summed E-state index contributed by atoms with van der Waals surface area (Å²) in [6.45, 7) is 9.50. The fourth-order valence-electron chi connectivity index (χ4n) is 2.22. The van der Waals surface area contributed by atoms with Gasteiger partial charge in [-0.15, -0.1) is 0 Å². The molecule has 1 fully saturated rings. The van der Waals surface area contributed by atoms with Gasteiger partial charge in [0, 0.05) is 19.2 Å². The SMILES string of the molecule is CCCNc1cc(N2CCOCC2(C)C)nc(N)n1. The fraction of sp³-hybridized carbons (Fsp3) is 0.692. The second kappa shape index (κ2) is 5.61. The second-order valence-corrected chi connectivity index (χ2v) is 5.41. The third kappa shape index (κ3) is 3.26. The number of nitrogen functional groups attached to an aromatic ring is 1. The number of ether oxygens (including phenoxy) is 1. The summed E-state index contributed by atoms with van der Waals surface area (Å²) in [6.07, 6.45) is 1.04. The van der Waals surface area contributed by atoms with Crippen LogP contribution in [0.3, 0.4) is 0 Å². The molecule has 0 atom stereocenters. The molecule has 2 heterocycles. The Morgan fingerprint density at radius 3 is 2.95 bits per heavy atom. The van der Waals surface area contributed by atoms with Gasteiger partial charge in [0.15, 0.2) is 0 Å². The van der Waals surface area contributed by atoms with E-state index in [1.165, 1.54) is 0 Å². The molecule has 3 N–H and O–H groups in total. The maximum absolute atomic E-state index is 5.81. The molecule has 1 saturated heterocycles. The highest BCUT2D eigenvalue weighted by Crippen LogP contribution is 2.27. The molecule has 0 amide bonds. The number of morpholine rings is 1. The lowest BCUT2D eigenvalue weighted by molar-refractivity contribution is 0.0639. The first-order valence-electron chi connectivity index (χ1n) is 6.77. The lowest BCUT2D eigenvalue weighted by Crippen LogP contribution is -2.53. The average Bonchev–Trinajstić information content (AvgIpc) is 2.35. The van der Waals surface area contributed by atoms with Gasteiger partial charge in [0.1, 0.15) is 11.6 Å². The lowest BCUT2D eigenvalue weighted by atomic mass is 10.0. The van der Waals surface area contributed by atoms with Crippen LogP contribution < -0.4 is 16.0 Å². The largest absolute Gasteiger partial charge is 0.377 e. The number of anilines is 3. The first kappa shape index (κ1) is 13.9. The number of rotatable bonds is 4. The molecule has 0 aliphatic carbocycles. The van der Waals surface area contributed by atoms with Gasteiger partial charge in [-0.1, -0.05) is 6.92 Å². The first-order chi connectivity index (χ1) is 9.03. The number of aromatic nitrogens is 2. The van der Waals surface area contributed by atoms with Gasteiger partial charge in [0.05, 0.1) is 18.8 Å². The Bertz CT molecular complexity index is 435. The van der Waals surface area contributed by atoms with Crippen molar-refractivity contribution in [2.45, 2.75) is 32.7 Å². The third-order valence-corrected chi connectivity index (χ3v) is 3.21. The highest BCUT2D eigenvalue weighted by Gasteiger charge is 2.31. The molecule has 0 unspecified atom stereocenters. The summed E-state index contributed by atoms with van der Waals surface area (Å²) in [7, 11) is 0. The van der Waals surface area contributed by atoms with Crippen LogP contribution in [0.15, 0.2) is 6.07 Å². The zero-order chi connectivity index (χ0) is 13.9. The van der Waals surface area contributed by atoms with Gasteiger partial charge in [-0.05, 0) is 20.3 Å². The second-order valence-electron chi connectivity index (χ2n) is 5.41. The van der Waals surface area contributed by atoms with E-state index in [0.717, 1.165) is 31.1 Å². The van der Waals surface area contributed by atoms with Crippen molar-refractivity contribution in [3.8, 4) is 0 Å². The van der Waals surface area contributed by atoms with Crippen molar-refractivity contribution in [1.29, 1.82) is 0 Å². The van der Waals surface area contributed by atoms with Crippen molar-refractivity contribution in [2.24, 2.45) is 0 Å². The van der Waals surface area contributed by atoms with E-state index in [0.29, 0.717) is 19.2 Å². The van der Waals surface area contributed by atoms with E-state index in [1.54, 1.807) is 0 Å². The van der Waals surface area contributed by atoms with Crippen molar-refractivity contribution in [1.82, 2.24) is 9.97 Å². The van der Waals surface area contributed by atoms with Crippen LogP contribution in [0.2, 0.25) is 0 Å². The topological polar surface area (TPSA) is 76.3 Å². The van der Waals surface area contributed by atoms with Crippen molar-refractivity contribution >= 4 is 17.6 Å². The normalized spacial score (nSPS) is 18.4. The lowest BCUT2D eigenvalue weighted by Gasteiger charge is -2.43. The Morgan fingerprint density at radius 1 is 1.47 bits per heavy atom. The van der Waals surface area contributed by atoms with Crippen LogP contribution in [-0.2, 0) is 4.74 Å². The maximum Gasteiger partial charge on any atom is 0.223 e. The summed E-state index contributed by atoms with van der Waals surface area (Å²) in [4.78, 5) is 10.8. The number of nitrogens with zero attached hydrogens (tertiary/aromatic N) is 3. The number of hydrogen-bond donors (Lipinski definition) is 2. The smallest absolute Gasteiger partial charge is 0.223 e. The third-order valence-electron chi connectivity index (χ3n) is 3.21. The molecule has 0 spiro atoms. The van der Waals surface area contributed by atoms with E-state index in [4.69, 9.17) is 10.5 Å². The summed E-state index contributed by atoms with van der Waals surface area (Å²) in [5.41, 5.74) is 5.72. The number of hydrogen-bond acceptors (Lipinski definition) is 6. The van der Waals surface area contributed by atoms with Crippen molar-refractivity contribution < 1.29 is 4.74 Å². The molecule has 6 heteroatoms. The molecular formula is C13H23N5O. The molecule has 2 rings (SSSR count). The molecule has 0 bridgehead atoms. The molecular weight excluding hydrogens is 242 g/mol. The monoisotopic (exact) mass is 265 g/mol. The van der Waals surface area contributed by atoms with Crippen LogP contribution in [0.25, 0.3) is 0 Å². The van der Waals surface area contributed by atoms with Crippen LogP contribution in [0, 0.1) is 0 Å². The van der Waals surface area contributed by atoms with Crippen LogP contribution in [-0.4, -0.2) is 41.8 Å². The molecule has 0 saturated carbocycles. The van der Waals surface area contributed by atoms with E-state index in [2.05, 4.69) is 41.0 Å². The molecule has 0 radical (unpaired) electrons. The minimum absolute atomic E-state index is 0.0823. The van der Waals surface area contributed by atoms with E-state index < -0.39 is 0 Å². The Balaban J connectivity index is 2.25. The maximum atomic E-state index is 5.81. The van der Waals surface area contributed by atoms with Gasteiger partial charge in [-0.25, -0.2) is 0 Å². The van der Waals surface area contributed by atoms with Gasteiger partial charge in [0.2, 0.25) is 5.95 Å². The molecule has 1 aliphatic rings. The van der Waals surface area contributed by atoms with Gasteiger partial charge in [0.25, 0.3) is 0 Å². The fourth-order valence-corrected chi connectivity index (χ4v) is 2.22. The zero-order valence-corrected chi connectivity index (χ0v) is 11.9. The molecule has 1 aromatic heterocycles. The minimum Gasteiger partial charge on any atom is -0.377 e. The molecule has 1 aromatic rings. The minimum atomic E-state index is -0.0823. The standard InChI is InChI=1S/C13H23N5O/c1-4-5-15-10-8-11(17-12(14)16-10)18-6-7-19-9-13(18,2)3/h8H,4-7,9H2,1-3H3,(H3,14,15,16,17). The summed E-state index contributed by atoms with van der Waals surface area (Å²) in [5, 5.41) is 3.25. The molecule has 19 heavy (non-hydrogen) atoms. The predicted octanol–water partition coefficient (Wildman–Crippen LogP) is 1.50. The van der Waals surface area contributed by atoms with E-state index in [-0.39, 0.29) is 5.54 Å². The predicted molar refractivity (Wildman–Crippen MR) is 77.5 cm³/mol. The molecule has 6 nitrogen and oxygen atoms in total. The molecule has 0 aromatic carbocycles. The summed E-state index contributed by atoms with van der Waals surface area (Å²) >= 11 is 0. The van der Waals surface area contributed by atoms with Crippen LogP contribution >= 0.6 is 0 Å². The summed E-state index contributed by atoms with van der Waals surface area (Å²) in [6, 6.07) is 1.96. The van der Waals surface area contributed by atoms with E-state index in [1.807, 2.05) is 6.07 Å². The van der Waals surface area contributed by atoms with Gasteiger partial charge in [-0.3, -0.25) is 0 Å². The average molecular weight is 265 g/mol. The van der Waals surface area contributed by atoms with Crippen molar-refractivity contribution in [3.63, 3.8) is 0 Å². The Morgan fingerprint density at radius 2 is 2.26 bits per heavy atom. The molecule has 1 aliphatic heterocycles. The van der Waals surface area contributed by atoms with Gasteiger partial charge < -0.3 is 20.7 Å². The first-order valence-corrected chi connectivity index (χ1v) is 6.77. The van der Waals surface area contributed by atoms with Crippen LogP contribution in [0.4, 0.5) is 17.6 Å². The summed E-state index contributed by atoms with van der Waals surface area (Å²) in [5.74, 6) is 1.95. The van der Waals surface area contributed by atoms with E-state index in [9.17, 15) is 0 Å².